The van der Waals surface area contributed by atoms with Crippen LogP contribution in [0.4, 0.5) is 15.9 Å². The number of H-pyrrole nitrogens is 1. The standard InChI is InChI=1S/C12H13FN4O/c1-7-11(14)12(17-16-7)15-10(18)6-8-4-2-3-5-9(8)13/h2-5H,6,14H2,1H3,(H2,15,16,17,18). The number of aryl methyl sites for hydroxylation is 1. The number of halogens is 1. The van der Waals surface area contributed by atoms with Crippen molar-refractivity contribution < 1.29 is 9.18 Å². The topological polar surface area (TPSA) is 83.8 Å². The van der Waals surface area contributed by atoms with Crippen molar-refractivity contribution in [3.63, 3.8) is 0 Å². The molecule has 5 nitrogen and oxygen atoms in total. The predicted molar refractivity (Wildman–Crippen MR) is 66.5 cm³/mol. The van der Waals surface area contributed by atoms with E-state index < -0.39 is 5.82 Å². The second kappa shape index (κ2) is 4.87. The van der Waals surface area contributed by atoms with Crippen molar-refractivity contribution >= 4 is 17.4 Å². The summed E-state index contributed by atoms with van der Waals surface area (Å²) >= 11 is 0. The molecule has 0 unspecified atom stereocenters. The molecule has 0 aliphatic rings. The molecule has 2 aromatic rings. The highest BCUT2D eigenvalue weighted by molar-refractivity contribution is 5.94. The third-order valence-electron chi connectivity index (χ3n) is 2.56. The van der Waals surface area contributed by atoms with E-state index in [-0.39, 0.29) is 18.1 Å². The summed E-state index contributed by atoms with van der Waals surface area (Å²) in [6.07, 6.45) is -0.0575. The predicted octanol–water partition coefficient (Wildman–Crippen LogP) is 1.62. The van der Waals surface area contributed by atoms with Crippen molar-refractivity contribution in [1.29, 1.82) is 0 Å². The molecule has 0 atom stereocenters. The average Bonchev–Trinajstić information content (AvgIpc) is 2.64. The molecule has 6 heteroatoms. The Labute approximate surface area is 103 Å². The molecule has 0 aliphatic heterocycles. The number of amides is 1. The fourth-order valence-corrected chi connectivity index (χ4v) is 1.52. The lowest BCUT2D eigenvalue weighted by atomic mass is 10.1. The van der Waals surface area contributed by atoms with Gasteiger partial charge >= 0.3 is 0 Å². The SMILES string of the molecule is Cc1[nH]nc(NC(=O)Cc2ccccc2F)c1N. The van der Waals surface area contributed by atoms with E-state index in [0.717, 1.165) is 0 Å². The first-order valence-corrected chi connectivity index (χ1v) is 5.41. The van der Waals surface area contributed by atoms with Crippen molar-refractivity contribution in [3.8, 4) is 0 Å². The number of benzene rings is 1. The minimum Gasteiger partial charge on any atom is -0.394 e. The van der Waals surface area contributed by atoms with E-state index in [4.69, 9.17) is 5.73 Å². The van der Waals surface area contributed by atoms with E-state index >= 15 is 0 Å². The molecule has 0 radical (unpaired) electrons. The van der Waals surface area contributed by atoms with Gasteiger partial charge in [-0.25, -0.2) is 4.39 Å². The van der Waals surface area contributed by atoms with Crippen LogP contribution in [0.5, 0.6) is 0 Å². The molecule has 1 aromatic carbocycles. The summed E-state index contributed by atoms with van der Waals surface area (Å²) in [5.74, 6) is -0.494. The second-order valence-corrected chi connectivity index (χ2v) is 3.93. The molecule has 0 fully saturated rings. The van der Waals surface area contributed by atoms with Gasteiger partial charge in [-0.1, -0.05) is 18.2 Å². The Balaban J connectivity index is 2.06. The van der Waals surface area contributed by atoms with E-state index in [0.29, 0.717) is 16.9 Å². The number of carbonyl (C=O) groups excluding carboxylic acids is 1. The van der Waals surface area contributed by atoms with Crippen LogP contribution < -0.4 is 11.1 Å². The maximum atomic E-state index is 13.3. The number of nitrogens with zero attached hydrogens (tertiary/aromatic N) is 1. The number of carbonyl (C=O) groups is 1. The average molecular weight is 248 g/mol. The Morgan fingerprint density at radius 3 is 2.83 bits per heavy atom. The fraction of sp³-hybridized carbons (Fsp3) is 0.167. The molecule has 0 spiro atoms. The fourth-order valence-electron chi connectivity index (χ4n) is 1.52. The number of nitrogens with one attached hydrogen (secondary N) is 2. The highest BCUT2D eigenvalue weighted by Crippen LogP contribution is 2.18. The third kappa shape index (κ3) is 2.48. The van der Waals surface area contributed by atoms with Gasteiger partial charge in [0, 0.05) is 0 Å². The summed E-state index contributed by atoms with van der Waals surface area (Å²) in [5.41, 5.74) is 7.09. The van der Waals surface area contributed by atoms with Gasteiger partial charge in [-0.05, 0) is 18.6 Å². The molecule has 1 amide bonds. The van der Waals surface area contributed by atoms with Crippen LogP contribution in [-0.4, -0.2) is 16.1 Å². The lowest BCUT2D eigenvalue weighted by molar-refractivity contribution is -0.115. The lowest BCUT2D eigenvalue weighted by Crippen LogP contribution is -2.16. The zero-order chi connectivity index (χ0) is 13.1. The van der Waals surface area contributed by atoms with Crippen LogP contribution >= 0.6 is 0 Å². The first-order chi connectivity index (χ1) is 8.58. The van der Waals surface area contributed by atoms with Crippen LogP contribution in [0, 0.1) is 12.7 Å². The van der Waals surface area contributed by atoms with E-state index in [9.17, 15) is 9.18 Å². The maximum absolute atomic E-state index is 13.3. The van der Waals surface area contributed by atoms with Gasteiger partial charge in [0.05, 0.1) is 17.8 Å². The summed E-state index contributed by atoms with van der Waals surface area (Å²) in [6, 6.07) is 6.13. The number of hydrogen-bond acceptors (Lipinski definition) is 3. The summed E-state index contributed by atoms with van der Waals surface area (Å²) in [6.45, 7) is 1.74. The zero-order valence-electron chi connectivity index (χ0n) is 9.83. The molecule has 18 heavy (non-hydrogen) atoms. The molecule has 94 valence electrons. The highest BCUT2D eigenvalue weighted by atomic mass is 19.1. The van der Waals surface area contributed by atoms with Crippen LogP contribution in [0.2, 0.25) is 0 Å². The smallest absolute Gasteiger partial charge is 0.230 e. The van der Waals surface area contributed by atoms with E-state index in [2.05, 4.69) is 15.5 Å². The molecular weight excluding hydrogens is 235 g/mol. The van der Waals surface area contributed by atoms with Crippen LogP contribution in [0.3, 0.4) is 0 Å². The number of aromatic nitrogens is 2. The Morgan fingerprint density at radius 1 is 1.50 bits per heavy atom. The minimum atomic E-state index is -0.404. The van der Waals surface area contributed by atoms with Gasteiger partial charge in [-0.2, -0.15) is 5.10 Å². The van der Waals surface area contributed by atoms with Crippen molar-refractivity contribution in [2.75, 3.05) is 11.1 Å². The molecule has 0 saturated heterocycles. The van der Waals surface area contributed by atoms with Gasteiger partial charge in [0.15, 0.2) is 5.82 Å². The maximum Gasteiger partial charge on any atom is 0.230 e. The Kier molecular flexibility index (Phi) is 3.27. The first kappa shape index (κ1) is 12.1. The Morgan fingerprint density at radius 2 is 2.22 bits per heavy atom. The van der Waals surface area contributed by atoms with Crippen molar-refractivity contribution in [3.05, 3.63) is 41.3 Å². The lowest BCUT2D eigenvalue weighted by Gasteiger charge is -2.04. The highest BCUT2D eigenvalue weighted by Gasteiger charge is 2.12. The van der Waals surface area contributed by atoms with E-state index in [1.165, 1.54) is 6.07 Å². The van der Waals surface area contributed by atoms with Gasteiger partial charge in [0.25, 0.3) is 0 Å². The normalized spacial score (nSPS) is 10.3. The monoisotopic (exact) mass is 248 g/mol. The zero-order valence-corrected chi connectivity index (χ0v) is 9.83. The molecule has 0 bridgehead atoms. The van der Waals surface area contributed by atoms with Gasteiger partial charge in [0.2, 0.25) is 5.91 Å². The van der Waals surface area contributed by atoms with Crippen molar-refractivity contribution in [2.45, 2.75) is 13.3 Å². The van der Waals surface area contributed by atoms with Crippen LogP contribution in [0.1, 0.15) is 11.3 Å². The number of hydrogen-bond donors (Lipinski definition) is 3. The molecule has 2 rings (SSSR count). The largest absolute Gasteiger partial charge is 0.394 e. The molecule has 1 heterocycles. The van der Waals surface area contributed by atoms with Crippen LogP contribution in [0.15, 0.2) is 24.3 Å². The number of aromatic amines is 1. The molecule has 4 N–H and O–H groups in total. The quantitative estimate of drug-likeness (QED) is 0.771. The molecular formula is C12H13FN4O. The van der Waals surface area contributed by atoms with E-state index in [1.807, 2.05) is 0 Å². The minimum absolute atomic E-state index is 0.0575. The molecule has 0 saturated carbocycles. The van der Waals surface area contributed by atoms with Gasteiger partial charge in [-0.3, -0.25) is 9.89 Å². The van der Waals surface area contributed by atoms with Gasteiger partial charge in [0.1, 0.15) is 5.82 Å². The van der Waals surface area contributed by atoms with Gasteiger partial charge in [-0.15, -0.1) is 0 Å². The Hall–Kier alpha value is -2.37. The number of anilines is 2. The Bertz CT molecular complexity index is 579. The number of rotatable bonds is 3. The molecule has 1 aromatic heterocycles. The summed E-state index contributed by atoms with van der Waals surface area (Å²) in [4.78, 5) is 11.7. The molecule has 0 aliphatic carbocycles. The van der Waals surface area contributed by atoms with Gasteiger partial charge < -0.3 is 11.1 Å². The summed E-state index contributed by atoms with van der Waals surface area (Å²) < 4.78 is 13.3. The van der Waals surface area contributed by atoms with Crippen LogP contribution in [0.25, 0.3) is 0 Å². The summed E-state index contributed by atoms with van der Waals surface area (Å²) in [7, 11) is 0. The summed E-state index contributed by atoms with van der Waals surface area (Å²) in [5, 5.41) is 9.03. The van der Waals surface area contributed by atoms with Crippen molar-refractivity contribution in [2.24, 2.45) is 0 Å². The van der Waals surface area contributed by atoms with Crippen LogP contribution in [-0.2, 0) is 11.2 Å². The number of nitrogens with two attached hydrogens (primary N) is 1. The van der Waals surface area contributed by atoms with E-state index in [1.54, 1.807) is 25.1 Å². The van der Waals surface area contributed by atoms with Crippen molar-refractivity contribution in [1.82, 2.24) is 10.2 Å². The number of nitrogen functional groups attached to an aromatic ring is 1. The second-order valence-electron chi connectivity index (χ2n) is 3.93. The third-order valence-corrected chi connectivity index (χ3v) is 2.56. The first-order valence-electron chi connectivity index (χ1n) is 5.41.